The second-order valence-corrected chi connectivity index (χ2v) is 8.47. The maximum Gasteiger partial charge on any atom is 0.416 e. The number of nitrogens with zero attached hydrogens (tertiary/aromatic N) is 1. The van der Waals surface area contributed by atoms with Gasteiger partial charge < -0.3 is 14.8 Å². The number of aromatic nitrogens is 1. The summed E-state index contributed by atoms with van der Waals surface area (Å²) in [5.74, 6) is -0.814. The number of ether oxygens (including phenoxy) is 2. The number of hydrogen-bond donors (Lipinski definition) is 1. The molecule has 1 N–H and O–H groups in total. The lowest BCUT2D eigenvalue weighted by Gasteiger charge is -2.15. The van der Waals surface area contributed by atoms with E-state index >= 15 is 0 Å². The second kappa shape index (κ2) is 10.8. The number of methoxy groups -OCH3 is 1. The van der Waals surface area contributed by atoms with Crippen molar-refractivity contribution in [3.8, 4) is 17.0 Å². The van der Waals surface area contributed by atoms with Gasteiger partial charge in [-0.3, -0.25) is 4.79 Å². The van der Waals surface area contributed by atoms with Crippen molar-refractivity contribution in [3.63, 3.8) is 0 Å². The summed E-state index contributed by atoms with van der Waals surface area (Å²) in [7, 11) is 1.47. The van der Waals surface area contributed by atoms with Gasteiger partial charge in [-0.25, -0.2) is 9.37 Å². The molecule has 170 valence electrons. The minimum Gasteiger partial charge on any atom is -0.489 e. The van der Waals surface area contributed by atoms with E-state index in [0.717, 1.165) is 35.5 Å². The maximum atomic E-state index is 13.1. The summed E-state index contributed by atoms with van der Waals surface area (Å²) in [5, 5.41) is 4.25. The molecule has 0 saturated heterocycles. The number of benzene rings is 2. The molecule has 1 amide bonds. The van der Waals surface area contributed by atoms with Crippen molar-refractivity contribution in [1.82, 2.24) is 4.98 Å². The monoisotopic (exact) mass is 486 g/mol. The lowest BCUT2D eigenvalue weighted by Crippen LogP contribution is -2.16. The molecule has 0 atom stereocenters. The molecule has 2 aromatic carbocycles. The minimum absolute atomic E-state index is 0.0653. The molecule has 0 aliphatic heterocycles. The van der Waals surface area contributed by atoms with Crippen LogP contribution in [0.2, 0.25) is 0 Å². The zero-order chi connectivity index (χ0) is 23.1. The Labute approximate surface area is 189 Å². The van der Waals surface area contributed by atoms with Crippen molar-refractivity contribution < 1.29 is 31.8 Å². The van der Waals surface area contributed by atoms with Crippen LogP contribution in [-0.2, 0) is 15.7 Å². The van der Waals surface area contributed by atoms with Gasteiger partial charge in [0, 0.05) is 18.1 Å². The molecular weight excluding hydrogens is 468 g/mol. The highest BCUT2D eigenvalue weighted by molar-refractivity contribution is 8.01. The fraction of sp³-hybridized carbons (Fsp3) is 0.238. The van der Waals surface area contributed by atoms with Gasteiger partial charge in [-0.2, -0.15) is 13.2 Å². The largest absolute Gasteiger partial charge is 0.489 e. The average Bonchev–Trinajstić information content (AvgIpc) is 3.22. The summed E-state index contributed by atoms with van der Waals surface area (Å²) in [6.07, 6.45) is -4.56. The van der Waals surface area contributed by atoms with Crippen LogP contribution in [0, 0.1) is 5.82 Å². The van der Waals surface area contributed by atoms with Crippen molar-refractivity contribution in [1.29, 1.82) is 0 Å². The van der Waals surface area contributed by atoms with E-state index in [-0.39, 0.29) is 36.2 Å². The Bertz CT molecular complexity index is 1060. The van der Waals surface area contributed by atoms with E-state index in [1.165, 1.54) is 30.6 Å². The minimum atomic E-state index is -4.56. The van der Waals surface area contributed by atoms with Gasteiger partial charge in [0.1, 0.15) is 18.2 Å². The van der Waals surface area contributed by atoms with Crippen LogP contribution in [0.15, 0.2) is 52.2 Å². The molecule has 0 saturated carbocycles. The van der Waals surface area contributed by atoms with Gasteiger partial charge in [0.15, 0.2) is 4.34 Å². The average molecular weight is 487 g/mol. The lowest BCUT2D eigenvalue weighted by molar-refractivity contribution is -0.137. The number of amides is 1. The molecule has 3 aromatic rings. The van der Waals surface area contributed by atoms with Crippen molar-refractivity contribution in [3.05, 3.63) is 59.2 Å². The summed E-state index contributed by atoms with van der Waals surface area (Å²) in [5.41, 5.74) is 0.404. The van der Waals surface area contributed by atoms with Gasteiger partial charge in [-0.05, 0) is 42.5 Å². The fourth-order valence-electron chi connectivity index (χ4n) is 2.56. The number of carbonyl (C=O) groups is 1. The Morgan fingerprint density at radius 2 is 1.91 bits per heavy atom. The predicted octanol–water partition coefficient (Wildman–Crippen LogP) is 5.72. The molecule has 3 rings (SSSR count). The third-order valence-electron chi connectivity index (χ3n) is 4.08. The second-order valence-electron chi connectivity index (χ2n) is 6.39. The molecule has 0 aliphatic carbocycles. The number of halogens is 4. The van der Waals surface area contributed by atoms with Gasteiger partial charge in [0.05, 0.1) is 29.3 Å². The topological polar surface area (TPSA) is 60.5 Å². The highest BCUT2D eigenvalue weighted by atomic mass is 32.2. The predicted molar refractivity (Wildman–Crippen MR) is 116 cm³/mol. The molecule has 32 heavy (non-hydrogen) atoms. The number of thioether (sulfide) groups is 1. The fourth-order valence-corrected chi connectivity index (χ4v) is 4.19. The van der Waals surface area contributed by atoms with E-state index in [4.69, 9.17) is 9.47 Å². The van der Waals surface area contributed by atoms with Crippen LogP contribution < -0.4 is 10.1 Å². The van der Waals surface area contributed by atoms with Crippen LogP contribution in [-0.4, -0.2) is 37.0 Å². The molecule has 0 bridgehead atoms. The number of thiazole rings is 1. The number of alkyl halides is 3. The van der Waals surface area contributed by atoms with Gasteiger partial charge in [0.25, 0.3) is 0 Å². The van der Waals surface area contributed by atoms with E-state index in [1.54, 1.807) is 17.5 Å². The first-order chi connectivity index (χ1) is 15.3. The molecule has 1 heterocycles. The van der Waals surface area contributed by atoms with Crippen molar-refractivity contribution >= 4 is 34.7 Å². The number of rotatable bonds is 9. The van der Waals surface area contributed by atoms with Crippen molar-refractivity contribution in [2.24, 2.45) is 0 Å². The van der Waals surface area contributed by atoms with E-state index < -0.39 is 17.6 Å². The molecular formula is C21H18F4N2O3S2. The van der Waals surface area contributed by atoms with Gasteiger partial charge >= 0.3 is 6.18 Å². The van der Waals surface area contributed by atoms with E-state index in [9.17, 15) is 22.4 Å². The number of anilines is 1. The van der Waals surface area contributed by atoms with Crippen molar-refractivity contribution in [2.75, 3.05) is 31.4 Å². The summed E-state index contributed by atoms with van der Waals surface area (Å²) in [4.78, 5) is 16.8. The van der Waals surface area contributed by atoms with Crippen molar-refractivity contribution in [2.45, 2.75) is 10.5 Å². The van der Waals surface area contributed by atoms with Crippen LogP contribution in [0.4, 0.5) is 23.2 Å². The maximum absolute atomic E-state index is 13.1. The van der Waals surface area contributed by atoms with E-state index in [2.05, 4.69) is 10.3 Å². The van der Waals surface area contributed by atoms with Crippen LogP contribution in [0.1, 0.15) is 5.56 Å². The molecule has 0 fully saturated rings. The van der Waals surface area contributed by atoms with Crippen LogP contribution >= 0.6 is 23.1 Å². The zero-order valence-electron chi connectivity index (χ0n) is 16.7. The first-order valence-corrected chi connectivity index (χ1v) is 11.1. The van der Waals surface area contributed by atoms with E-state index in [1.807, 2.05) is 0 Å². The van der Waals surface area contributed by atoms with E-state index in [0.29, 0.717) is 10.0 Å². The summed E-state index contributed by atoms with van der Waals surface area (Å²) in [6.45, 7) is 0.357. The Morgan fingerprint density at radius 1 is 1.16 bits per heavy atom. The smallest absolute Gasteiger partial charge is 0.416 e. The number of hydrogen-bond acceptors (Lipinski definition) is 6. The quantitative estimate of drug-likeness (QED) is 0.238. The lowest BCUT2D eigenvalue weighted by atomic mass is 10.1. The Balaban J connectivity index is 1.65. The number of nitrogens with one attached hydrogen (secondary N) is 1. The molecule has 1 aromatic heterocycles. The molecule has 11 heteroatoms. The Kier molecular flexibility index (Phi) is 8.10. The highest BCUT2D eigenvalue weighted by Crippen LogP contribution is 2.35. The van der Waals surface area contributed by atoms with Crippen LogP contribution in [0.5, 0.6) is 5.75 Å². The molecule has 5 nitrogen and oxygen atoms in total. The Hall–Kier alpha value is -2.63. The SMILES string of the molecule is COCCOc1ccc(C(F)(F)F)cc1NC(=O)CSc1nc(-c2ccc(F)cc2)cs1. The van der Waals surface area contributed by atoms with Crippen LogP contribution in [0.3, 0.4) is 0 Å². The third-order valence-corrected chi connectivity index (χ3v) is 6.10. The van der Waals surface area contributed by atoms with Gasteiger partial charge in [0.2, 0.25) is 5.91 Å². The summed E-state index contributed by atoms with van der Waals surface area (Å²) >= 11 is 2.45. The summed E-state index contributed by atoms with van der Waals surface area (Å²) < 4.78 is 63.2. The first-order valence-electron chi connectivity index (χ1n) is 9.23. The van der Waals surface area contributed by atoms with Gasteiger partial charge in [-0.15, -0.1) is 11.3 Å². The highest BCUT2D eigenvalue weighted by Gasteiger charge is 2.31. The number of carbonyl (C=O) groups excluding carboxylic acids is 1. The van der Waals surface area contributed by atoms with Crippen LogP contribution in [0.25, 0.3) is 11.3 Å². The zero-order valence-corrected chi connectivity index (χ0v) is 18.4. The summed E-state index contributed by atoms with van der Waals surface area (Å²) in [6, 6.07) is 8.75. The molecule has 0 radical (unpaired) electrons. The standard InChI is InChI=1S/C21H18F4N2O3S2/c1-29-8-9-30-18-7-4-14(21(23,24)25)10-16(18)26-19(28)12-32-20-27-17(11-31-20)13-2-5-15(22)6-3-13/h2-7,10-11H,8-9,12H2,1H3,(H,26,28). The Morgan fingerprint density at radius 3 is 2.59 bits per heavy atom. The van der Waals surface area contributed by atoms with Gasteiger partial charge in [-0.1, -0.05) is 11.8 Å². The third kappa shape index (κ3) is 6.68. The molecule has 0 spiro atoms. The first kappa shape index (κ1) is 24.0. The normalized spacial score (nSPS) is 11.4. The molecule has 0 unspecified atom stereocenters. The molecule has 0 aliphatic rings.